The highest BCUT2D eigenvalue weighted by molar-refractivity contribution is 7.92. The summed E-state index contributed by atoms with van der Waals surface area (Å²) in [6, 6.07) is 20.2. The number of carbonyl (C=O) groups excluding carboxylic acids is 1. The Morgan fingerprint density at radius 3 is 2.07 bits per heavy atom. The summed E-state index contributed by atoms with van der Waals surface area (Å²) in [4.78, 5) is 12.6. The number of methoxy groups -OCH3 is 1. The third kappa shape index (κ3) is 5.18. The van der Waals surface area contributed by atoms with Gasteiger partial charge in [-0.15, -0.1) is 0 Å². The van der Waals surface area contributed by atoms with Crippen molar-refractivity contribution in [2.75, 3.05) is 11.8 Å². The van der Waals surface area contributed by atoms with Crippen LogP contribution in [-0.4, -0.2) is 21.4 Å². The quantitative estimate of drug-likeness (QED) is 0.592. The van der Waals surface area contributed by atoms with Crippen molar-refractivity contribution in [1.29, 1.82) is 0 Å². The minimum Gasteiger partial charge on any atom is -0.497 e. The largest absolute Gasteiger partial charge is 0.497 e. The van der Waals surface area contributed by atoms with Gasteiger partial charge in [0.25, 0.3) is 15.9 Å². The highest BCUT2D eigenvalue weighted by Gasteiger charge is 2.15. The highest BCUT2D eigenvalue weighted by atomic mass is 32.2. The molecular formula is C23H24N2O4S. The molecule has 0 aliphatic rings. The van der Waals surface area contributed by atoms with Crippen LogP contribution in [0.2, 0.25) is 0 Å². The van der Waals surface area contributed by atoms with Crippen molar-refractivity contribution < 1.29 is 17.9 Å². The Balaban J connectivity index is 1.66. The Kier molecular flexibility index (Phi) is 6.42. The molecule has 156 valence electrons. The molecule has 7 heteroatoms. The zero-order valence-corrected chi connectivity index (χ0v) is 17.9. The monoisotopic (exact) mass is 424 g/mol. The zero-order valence-electron chi connectivity index (χ0n) is 17.0. The van der Waals surface area contributed by atoms with Crippen molar-refractivity contribution in [2.45, 2.75) is 24.8 Å². The van der Waals surface area contributed by atoms with Gasteiger partial charge in [-0.05, 0) is 67.9 Å². The summed E-state index contributed by atoms with van der Waals surface area (Å²) in [6.07, 6.45) is 0. The number of hydrogen-bond donors (Lipinski definition) is 2. The van der Waals surface area contributed by atoms with Crippen LogP contribution in [0, 0.1) is 6.92 Å². The maximum atomic E-state index is 12.5. The fourth-order valence-electron chi connectivity index (χ4n) is 2.88. The van der Waals surface area contributed by atoms with E-state index in [0.717, 1.165) is 11.1 Å². The molecule has 2 N–H and O–H groups in total. The molecular weight excluding hydrogens is 400 g/mol. The van der Waals surface area contributed by atoms with Gasteiger partial charge in [0.2, 0.25) is 0 Å². The second-order valence-electron chi connectivity index (χ2n) is 6.96. The van der Waals surface area contributed by atoms with E-state index >= 15 is 0 Å². The molecule has 0 heterocycles. The van der Waals surface area contributed by atoms with Crippen LogP contribution < -0.4 is 14.8 Å². The minimum absolute atomic E-state index is 0.122. The van der Waals surface area contributed by atoms with Crippen molar-refractivity contribution in [3.05, 3.63) is 89.5 Å². The van der Waals surface area contributed by atoms with Gasteiger partial charge in [0.05, 0.1) is 18.0 Å². The molecule has 0 aromatic heterocycles. The molecule has 0 aliphatic heterocycles. The molecule has 6 nitrogen and oxygen atoms in total. The summed E-state index contributed by atoms with van der Waals surface area (Å²) in [5.41, 5.74) is 2.98. The lowest BCUT2D eigenvalue weighted by Crippen LogP contribution is -2.26. The number of sulfonamides is 1. The molecule has 30 heavy (non-hydrogen) atoms. The summed E-state index contributed by atoms with van der Waals surface area (Å²) in [7, 11) is -2.22. The lowest BCUT2D eigenvalue weighted by Gasteiger charge is -2.15. The minimum atomic E-state index is -3.74. The van der Waals surface area contributed by atoms with Gasteiger partial charge in [-0.1, -0.05) is 29.8 Å². The number of rotatable bonds is 7. The van der Waals surface area contributed by atoms with Crippen molar-refractivity contribution in [2.24, 2.45) is 0 Å². The molecule has 3 aromatic carbocycles. The van der Waals surface area contributed by atoms with Crippen molar-refractivity contribution >= 4 is 21.6 Å². The number of nitrogens with one attached hydrogen (secondary N) is 2. The van der Waals surface area contributed by atoms with Crippen LogP contribution in [-0.2, 0) is 10.0 Å². The summed E-state index contributed by atoms with van der Waals surface area (Å²) in [6.45, 7) is 3.93. The Bertz CT molecular complexity index is 1110. The number of hydrogen-bond acceptors (Lipinski definition) is 4. The topological polar surface area (TPSA) is 84.5 Å². The average Bonchev–Trinajstić information content (AvgIpc) is 2.74. The van der Waals surface area contributed by atoms with Crippen LogP contribution in [0.1, 0.15) is 34.5 Å². The second kappa shape index (κ2) is 9.00. The van der Waals surface area contributed by atoms with E-state index in [-0.39, 0.29) is 16.8 Å². The maximum Gasteiger partial charge on any atom is 0.261 e. The third-order valence-corrected chi connectivity index (χ3v) is 6.09. The number of ether oxygens (including phenoxy) is 1. The van der Waals surface area contributed by atoms with Gasteiger partial charge in [0.15, 0.2) is 0 Å². The van der Waals surface area contributed by atoms with Gasteiger partial charge in [0.1, 0.15) is 5.75 Å². The van der Waals surface area contributed by atoms with Gasteiger partial charge < -0.3 is 10.1 Å². The smallest absolute Gasteiger partial charge is 0.261 e. The number of benzene rings is 3. The first kappa shape index (κ1) is 21.4. The second-order valence-corrected chi connectivity index (χ2v) is 8.65. The van der Waals surface area contributed by atoms with Crippen molar-refractivity contribution in [1.82, 2.24) is 5.32 Å². The van der Waals surface area contributed by atoms with Crippen molar-refractivity contribution in [3.8, 4) is 5.75 Å². The van der Waals surface area contributed by atoms with Crippen LogP contribution in [0.5, 0.6) is 5.75 Å². The molecule has 0 aliphatic carbocycles. The van der Waals surface area contributed by atoms with E-state index in [1.807, 2.05) is 38.1 Å². The molecule has 1 atom stereocenters. The Morgan fingerprint density at radius 2 is 1.50 bits per heavy atom. The zero-order chi connectivity index (χ0) is 21.7. The van der Waals surface area contributed by atoms with Crippen LogP contribution in [0.15, 0.2) is 77.7 Å². The Hall–Kier alpha value is -3.32. The lowest BCUT2D eigenvalue weighted by molar-refractivity contribution is 0.0940. The fourth-order valence-corrected chi connectivity index (χ4v) is 3.94. The van der Waals surface area contributed by atoms with Gasteiger partial charge in [-0.2, -0.15) is 0 Å². The fraction of sp³-hybridized carbons (Fsp3) is 0.174. The van der Waals surface area contributed by atoms with Crippen LogP contribution in [0.3, 0.4) is 0 Å². The van der Waals surface area contributed by atoms with Gasteiger partial charge in [-0.25, -0.2) is 8.42 Å². The molecule has 0 radical (unpaired) electrons. The van der Waals surface area contributed by atoms with E-state index in [9.17, 15) is 13.2 Å². The Morgan fingerprint density at radius 1 is 0.900 bits per heavy atom. The van der Waals surface area contributed by atoms with E-state index in [2.05, 4.69) is 10.0 Å². The maximum absolute atomic E-state index is 12.5. The average molecular weight is 425 g/mol. The Labute approximate surface area is 177 Å². The van der Waals surface area contributed by atoms with Gasteiger partial charge in [-0.3, -0.25) is 9.52 Å². The molecule has 3 aromatic rings. The predicted molar refractivity (Wildman–Crippen MR) is 117 cm³/mol. The third-order valence-electron chi connectivity index (χ3n) is 4.69. The summed E-state index contributed by atoms with van der Waals surface area (Å²) in [5, 5.41) is 2.95. The molecule has 0 bridgehead atoms. The first-order valence-electron chi connectivity index (χ1n) is 9.43. The molecule has 1 amide bonds. The van der Waals surface area contributed by atoms with Crippen LogP contribution in [0.4, 0.5) is 5.69 Å². The van der Waals surface area contributed by atoms with Crippen molar-refractivity contribution in [3.63, 3.8) is 0 Å². The van der Waals surface area contributed by atoms with Gasteiger partial charge in [0, 0.05) is 11.3 Å². The van der Waals surface area contributed by atoms with E-state index < -0.39 is 10.0 Å². The molecule has 0 saturated carbocycles. The number of anilines is 1. The number of amides is 1. The number of carbonyl (C=O) groups is 1. The molecule has 0 saturated heterocycles. The highest BCUT2D eigenvalue weighted by Crippen LogP contribution is 2.20. The van der Waals surface area contributed by atoms with E-state index in [1.54, 1.807) is 36.4 Å². The van der Waals surface area contributed by atoms with E-state index in [1.165, 1.54) is 19.2 Å². The molecule has 3 rings (SSSR count). The molecule has 0 spiro atoms. The first-order valence-corrected chi connectivity index (χ1v) is 10.9. The lowest BCUT2D eigenvalue weighted by atomic mass is 10.1. The predicted octanol–water partition coefficient (Wildman–Crippen LogP) is 4.30. The first-order chi connectivity index (χ1) is 14.3. The van der Waals surface area contributed by atoms with Crippen LogP contribution in [0.25, 0.3) is 0 Å². The SMILES string of the molecule is COc1ccc(S(=O)(=O)Nc2ccc(C(=O)N[C@H](C)c3ccc(C)cc3)cc2)cc1. The normalized spacial score (nSPS) is 12.1. The molecule has 0 fully saturated rings. The van der Waals surface area contributed by atoms with E-state index in [4.69, 9.17) is 4.74 Å². The summed E-state index contributed by atoms with van der Waals surface area (Å²) in [5.74, 6) is 0.344. The molecule has 0 unspecified atom stereocenters. The van der Waals surface area contributed by atoms with Gasteiger partial charge >= 0.3 is 0 Å². The number of aryl methyl sites for hydroxylation is 1. The standard InChI is InChI=1S/C23H24N2O4S/c1-16-4-6-18(7-5-16)17(2)24-23(26)19-8-10-20(11-9-19)25-30(27,28)22-14-12-21(29-3)13-15-22/h4-15,17,25H,1-3H3,(H,24,26)/t17-/m1/s1. The summed E-state index contributed by atoms with van der Waals surface area (Å²) < 4.78 is 32.6. The van der Waals surface area contributed by atoms with Crippen LogP contribution >= 0.6 is 0 Å². The van der Waals surface area contributed by atoms with E-state index in [0.29, 0.717) is 17.0 Å². The summed E-state index contributed by atoms with van der Waals surface area (Å²) >= 11 is 0.